The fraction of sp³-hybridized carbons (Fsp3) is 0.400. The van der Waals surface area contributed by atoms with Gasteiger partial charge in [-0.2, -0.15) is 5.10 Å². The molecule has 0 saturated carbocycles. The SMILES string of the molecule is Cc1nn(Cc2cc(F)ccc2Br)cc1CNC(C)C. The van der Waals surface area contributed by atoms with Gasteiger partial charge >= 0.3 is 0 Å². The van der Waals surface area contributed by atoms with Gasteiger partial charge in [0.1, 0.15) is 5.82 Å². The summed E-state index contributed by atoms with van der Waals surface area (Å²) in [6.45, 7) is 7.58. The summed E-state index contributed by atoms with van der Waals surface area (Å²) >= 11 is 3.44. The van der Waals surface area contributed by atoms with Crippen molar-refractivity contribution < 1.29 is 4.39 Å². The van der Waals surface area contributed by atoms with Crippen LogP contribution in [-0.2, 0) is 13.1 Å². The zero-order valence-corrected chi connectivity index (χ0v) is 13.5. The summed E-state index contributed by atoms with van der Waals surface area (Å²) in [4.78, 5) is 0. The van der Waals surface area contributed by atoms with Gasteiger partial charge in [0, 0.05) is 28.8 Å². The van der Waals surface area contributed by atoms with Gasteiger partial charge in [-0.05, 0) is 30.7 Å². The van der Waals surface area contributed by atoms with Gasteiger partial charge in [-0.15, -0.1) is 0 Å². The van der Waals surface area contributed by atoms with Gasteiger partial charge in [0.15, 0.2) is 0 Å². The van der Waals surface area contributed by atoms with Gasteiger partial charge in [-0.3, -0.25) is 4.68 Å². The quantitative estimate of drug-likeness (QED) is 0.901. The highest BCUT2D eigenvalue weighted by molar-refractivity contribution is 9.10. The fourth-order valence-corrected chi connectivity index (χ4v) is 2.34. The lowest BCUT2D eigenvalue weighted by atomic mass is 10.2. The summed E-state index contributed by atoms with van der Waals surface area (Å²) in [6.07, 6.45) is 2.02. The molecule has 20 heavy (non-hydrogen) atoms. The van der Waals surface area contributed by atoms with Crippen LogP contribution in [0.4, 0.5) is 4.39 Å². The monoisotopic (exact) mass is 339 g/mol. The maximum atomic E-state index is 13.3. The Balaban J connectivity index is 2.14. The molecule has 1 N–H and O–H groups in total. The van der Waals surface area contributed by atoms with Crippen LogP contribution in [0, 0.1) is 12.7 Å². The number of hydrogen-bond acceptors (Lipinski definition) is 2. The molecular weight excluding hydrogens is 321 g/mol. The largest absolute Gasteiger partial charge is 0.310 e. The molecule has 3 nitrogen and oxygen atoms in total. The van der Waals surface area contributed by atoms with E-state index in [4.69, 9.17) is 0 Å². The summed E-state index contributed by atoms with van der Waals surface area (Å²) in [7, 11) is 0. The Hall–Kier alpha value is -1.20. The van der Waals surface area contributed by atoms with E-state index in [0.717, 1.165) is 22.3 Å². The van der Waals surface area contributed by atoms with E-state index in [-0.39, 0.29) is 5.82 Å². The first-order chi connectivity index (χ1) is 9.45. The molecule has 5 heteroatoms. The second-order valence-corrected chi connectivity index (χ2v) is 6.06. The molecule has 1 aromatic heterocycles. The number of nitrogens with zero attached hydrogens (tertiary/aromatic N) is 2. The average molecular weight is 340 g/mol. The Labute approximate surface area is 127 Å². The third kappa shape index (κ3) is 3.90. The Bertz CT molecular complexity index is 593. The van der Waals surface area contributed by atoms with E-state index in [2.05, 4.69) is 40.2 Å². The van der Waals surface area contributed by atoms with E-state index in [1.807, 2.05) is 17.8 Å². The van der Waals surface area contributed by atoms with Crippen molar-refractivity contribution in [2.75, 3.05) is 0 Å². The summed E-state index contributed by atoms with van der Waals surface area (Å²) in [5.74, 6) is -0.228. The van der Waals surface area contributed by atoms with E-state index >= 15 is 0 Å². The third-order valence-corrected chi connectivity index (χ3v) is 3.86. The number of rotatable bonds is 5. The standard InChI is InChI=1S/C15H19BrFN3/c1-10(2)18-7-13-9-20(19-11(13)3)8-12-6-14(17)4-5-15(12)16/h4-6,9-10,18H,7-8H2,1-3H3. The van der Waals surface area contributed by atoms with Gasteiger partial charge < -0.3 is 5.32 Å². The third-order valence-electron chi connectivity index (χ3n) is 3.09. The number of halogens is 2. The van der Waals surface area contributed by atoms with Crippen molar-refractivity contribution >= 4 is 15.9 Å². The van der Waals surface area contributed by atoms with Crippen LogP contribution in [-0.4, -0.2) is 15.8 Å². The molecule has 108 valence electrons. The van der Waals surface area contributed by atoms with Crippen molar-refractivity contribution in [1.29, 1.82) is 0 Å². The number of aryl methyl sites for hydroxylation is 1. The Morgan fingerprint density at radius 1 is 1.35 bits per heavy atom. The molecule has 0 fully saturated rings. The minimum absolute atomic E-state index is 0.228. The maximum Gasteiger partial charge on any atom is 0.123 e. The Kier molecular flexibility index (Phi) is 4.94. The van der Waals surface area contributed by atoms with E-state index < -0.39 is 0 Å². The van der Waals surface area contributed by atoms with E-state index in [0.29, 0.717) is 12.6 Å². The summed E-state index contributed by atoms with van der Waals surface area (Å²) in [5.41, 5.74) is 3.06. The molecule has 1 aromatic carbocycles. The first-order valence-corrected chi connectivity index (χ1v) is 7.45. The molecule has 0 bridgehead atoms. The van der Waals surface area contributed by atoms with Crippen LogP contribution in [0.1, 0.15) is 30.7 Å². The summed E-state index contributed by atoms with van der Waals surface area (Å²) in [5, 5.41) is 7.87. The molecule has 0 aliphatic rings. The topological polar surface area (TPSA) is 29.9 Å². The Morgan fingerprint density at radius 3 is 2.80 bits per heavy atom. The zero-order valence-electron chi connectivity index (χ0n) is 12.0. The smallest absolute Gasteiger partial charge is 0.123 e. The number of nitrogens with one attached hydrogen (secondary N) is 1. The molecule has 0 spiro atoms. The number of aromatic nitrogens is 2. The molecule has 0 unspecified atom stereocenters. The minimum atomic E-state index is -0.228. The molecule has 0 aliphatic heterocycles. The van der Waals surface area contributed by atoms with Crippen LogP contribution in [0.5, 0.6) is 0 Å². The van der Waals surface area contributed by atoms with Crippen molar-refractivity contribution in [2.24, 2.45) is 0 Å². The van der Waals surface area contributed by atoms with Crippen molar-refractivity contribution in [1.82, 2.24) is 15.1 Å². The second-order valence-electron chi connectivity index (χ2n) is 5.21. The van der Waals surface area contributed by atoms with Gasteiger partial charge in [0.05, 0.1) is 12.2 Å². The molecular formula is C15H19BrFN3. The predicted molar refractivity (Wildman–Crippen MR) is 82.1 cm³/mol. The van der Waals surface area contributed by atoms with Crippen molar-refractivity contribution in [2.45, 2.75) is 39.9 Å². The lowest BCUT2D eigenvalue weighted by molar-refractivity contribution is 0.587. The van der Waals surface area contributed by atoms with Gasteiger partial charge in [0.25, 0.3) is 0 Å². The normalized spacial score (nSPS) is 11.3. The van der Waals surface area contributed by atoms with Crippen LogP contribution in [0.25, 0.3) is 0 Å². The van der Waals surface area contributed by atoms with Crippen LogP contribution in [0.2, 0.25) is 0 Å². The first-order valence-electron chi connectivity index (χ1n) is 6.66. The highest BCUT2D eigenvalue weighted by Gasteiger charge is 2.08. The van der Waals surface area contributed by atoms with Crippen molar-refractivity contribution in [3.63, 3.8) is 0 Å². The van der Waals surface area contributed by atoms with E-state index in [9.17, 15) is 4.39 Å². The predicted octanol–water partition coefficient (Wildman–Crippen LogP) is 3.64. The highest BCUT2D eigenvalue weighted by atomic mass is 79.9. The first kappa shape index (κ1) is 15.2. The molecule has 2 aromatic rings. The van der Waals surface area contributed by atoms with Crippen LogP contribution in [0.3, 0.4) is 0 Å². The van der Waals surface area contributed by atoms with Crippen molar-refractivity contribution in [3.05, 3.63) is 51.5 Å². The average Bonchev–Trinajstić information content (AvgIpc) is 2.72. The lowest BCUT2D eigenvalue weighted by Crippen LogP contribution is -2.21. The van der Waals surface area contributed by atoms with E-state index in [1.54, 1.807) is 6.07 Å². The molecule has 0 radical (unpaired) electrons. The molecule has 0 aliphatic carbocycles. The van der Waals surface area contributed by atoms with Crippen LogP contribution < -0.4 is 5.32 Å². The minimum Gasteiger partial charge on any atom is -0.310 e. The molecule has 0 atom stereocenters. The second kappa shape index (κ2) is 6.50. The maximum absolute atomic E-state index is 13.3. The highest BCUT2D eigenvalue weighted by Crippen LogP contribution is 2.19. The van der Waals surface area contributed by atoms with Crippen LogP contribution >= 0.6 is 15.9 Å². The van der Waals surface area contributed by atoms with Crippen molar-refractivity contribution in [3.8, 4) is 0 Å². The lowest BCUT2D eigenvalue weighted by Gasteiger charge is -2.06. The number of benzene rings is 1. The van der Waals surface area contributed by atoms with E-state index in [1.165, 1.54) is 17.7 Å². The zero-order chi connectivity index (χ0) is 14.7. The summed E-state index contributed by atoms with van der Waals surface area (Å²) < 4.78 is 16.0. The molecule has 1 heterocycles. The molecule has 2 rings (SSSR count). The fourth-order valence-electron chi connectivity index (χ4n) is 1.97. The summed E-state index contributed by atoms with van der Waals surface area (Å²) in [6, 6.07) is 5.14. The van der Waals surface area contributed by atoms with Gasteiger partial charge in [0.2, 0.25) is 0 Å². The van der Waals surface area contributed by atoms with Gasteiger partial charge in [-0.25, -0.2) is 4.39 Å². The van der Waals surface area contributed by atoms with Gasteiger partial charge in [-0.1, -0.05) is 29.8 Å². The van der Waals surface area contributed by atoms with Crippen LogP contribution in [0.15, 0.2) is 28.9 Å². The molecule has 0 saturated heterocycles. The number of hydrogen-bond donors (Lipinski definition) is 1. The Morgan fingerprint density at radius 2 is 2.10 bits per heavy atom. The molecule has 0 amide bonds.